The van der Waals surface area contributed by atoms with Crippen molar-refractivity contribution < 1.29 is 9.53 Å². The van der Waals surface area contributed by atoms with Crippen LogP contribution < -0.4 is 0 Å². The molecule has 0 saturated heterocycles. The molecule has 0 bridgehead atoms. The SMILES string of the molecule is CC(C)C[C@H](N=N)C(=O)OC(C)(C)C. The Morgan fingerprint density at radius 2 is 1.93 bits per heavy atom. The fourth-order valence-corrected chi connectivity index (χ4v) is 1.02. The first-order chi connectivity index (χ1) is 6.26. The standard InChI is InChI=1S/C10H20N2O2/c1-7(2)6-8(12-11)9(13)14-10(3,4)5/h7-8,11H,6H2,1-5H3/t8-/m0/s1. The van der Waals surface area contributed by atoms with Crippen molar-refractivity contribution in [2.45, 2.75) is 52.7 Å². The first-order valence-electron chi connectivity index (χ1n) is 4.85. The molecule has 82 valence electrons. The predicted octanol–water partition coefficient (Wildman–Crippen LogP) is 2.77. The Morgan fingerprint density at radius 1 is 1.43 bits per heavy atom. The van der Waals surface area contributed by atoms with Crippen LogP contribution in [0.15, 0.2) is 5.11 Å². The summed E-state index contributed by atoms with van der Waals surface area (Å²) in [4.78, 5) is 11.5. The largest absolute Gasteiger partial charge is 0.458 e. The van der Waals surface area contributed by atoms with Crippen molar-refractivity contribution in [1.29, 1.82) is 5.53 Å². The van der Waals surface area contributed by atoms with Crippen LogP contribution in [0.1, 0.15) is 41.0 Å². The number of rotatable bonds is 4. The van der Waals surface area contributed by atoms with Crippen molar-refractivity contribution in [3.63, 3.8) is 0 Å². The molecule has 0 aliphatic carbocycles. The van der Waals surface area contributed by atoms with E-state index >= 15 is 0 Å². The monoisotopic (exact) mass is 200 g/mol. The molecule has 0 aliphatic heterocycles. The van der Waals surface area contributed by atoms with Crippen LogP contribution in [-0.2, 0) is 9.53 Å². The molecule has 0 heterocycles. The van der Waals surface area contributed by atoms with Gasteiger partial charge in [0.15, 0.2) is 6.04 Å². The van der Waals surface area contributed by atoms with Crippen LogP contribution in [0.2, 0.25) is 0 Å². The van der Waals surface area contributed by atoms with Gasteiger partial charge in [0.25, 0.3) is 0 Å². The van der Waals surface area contributed by atoms with Crippen molar-refractivity contribution in [3.05, 3.63) is 0 Å². The molecule has 14 heavy (non-hydrogen) atoms. The minimum Gasteiger partial charge on any atom is -0.458 e. The lowest BCUT2D eigenvalue weighted by Crippen LogP contribution is -2.31. The highest BCUT2D eigenvalue weighted by atomic mass is 16.6. The smallest absolute Gasteiger partial charge is 0.333 e. The van der Waals surface area contributed by atoms with Gasteiger partial charge in [-0.2, -0.15) is 5.11 Å². The van der Waals surface area contributed by atoms with E-state index in [1.165, 1.54) is 0 Å². The molecule has 0 aromatic carbocycles. The van der Waals surface area contributed by atoms with Crippen molar-refractivity contribution in [1.82, 2.24) is 0 Å². The lowest BCUT2D eigenvalue weighted by atomic mass is 10.0. The minimum atomic E-state index is -0.644. The van der Waals surface area contributed by atoms with Gasteiger partial charge in [-0.25, -0.2) is 10.3 Å². The maximum Gasteiger partial charge on any atom is 0.333 e. The zero-order chi connectivity index (χ0) is 11.4. The summed E-state index contributed by atoms with van der Waals surface area (Å²) < 4.78 is 5.14. The van der Waals surface area contributed by atoms with Gasteiger partial charge in [-0.3, -0.25) is 0 Å². The summed E-state index contributed by atoms with van der Waals surface area (Å²) in [6.45, 7) is 9.40. The molecule has 0 aliphatic rings. The molecule has 0 spiro atoms. The maximum absolute atomic E-state index is 11.5. The van der Waals surface area contributed by atoms with Gasteiger partial charge in [-0.15, -0.1) is 0 Å². The van der Waals surface area contributed by atoms with Crippen LogP contribution in [-0.4, -0.2) is 17.6 Å². The van der Waals surface area contributed by atoms with Crippen LogP contribution in [0.5, 0.6) is 0 Å². The molecule has 1 N–H and O–H groups in total. The lowest BCUT2D eigenvalue weighted by molar-refractivity contribution is -0.157. The topological polar surface area (TPSA) is 62.5 Å². The van der Waals surface area contributed by atoms with Crippen molar-refractivity contribution in [2.75, 3.05) is 0 Å². The average molecular weight is 200 g/mol. The van der Waals surface area contributed by atoms with Crippen LogP contribution >= 0.6 is 0 Å². The second-order valence-electron chi connectivity index (χ2n) is 4.81. The van der Waals surface area contributed by atoms with E-state index in [1.807, 2.05) is 13.8 Å². The molecular weight excluding hydrogens is 180 g/mol. The van der Waals surface area contributed by atoms with Crippen LogP contribution in [0.4, 0.5) is 0 Å². The summed E-state index contributed by atoms with van der Waals surface area (Å²) in [5, 5.41) is 3.29. The zero-order valence-corrected chi connectivity index (χ0v) is 9.63. The first kappa shape index (κ1) is 13.1. The summed E-state index contributed by atoms with van der Waals surface area (Å²) in [5.74, 6) is -0.0668. The number of carbonyl (C=O) groups excluding carboxylic acids is 1. The number of hydrogen-bond acceptors (Lipinski definition) is 4. The van der Waals surface area contributed by atoms with Crippen molar-refractivity contribution >= 4 is 5.97 Å². The summed E-state index contributed by atoms with van der Waals surface area (Å²) >= 11 is 0. The molecule has 0 aromatic rings. The van der Waals surface area contributed by atoms with Crippen LogP contribution in [0, 0.1) is 11.4 Å². The average Bonchev–Trinajstić information content (AvgIpc) is 1.96. The number of hydrogen-bond donors (Lipinski definition) is 1. The lowest BCUT2D eigenvalue weighted by Gasteiger charge is -2.22. The summed E-state index contributed by atoms with van der Waals surface area (Å²) in [6.07, 6.45) is 0.568. The Balaban J connectivity index is 4.25. The Hall–Kier alpha value is -0.930. The highest BCUT2D eigenvalue weighted by Crippen LogP contribution is 2.14. The third-order valence-electron chi connectivity index (χ3n) is 1.53. The summed E-state index contributed by atoms with van der Waals surface area (Å²) in [7, 11) is 0. The number of nitrogens with one attached hydrogen (secondary N) is 1. The second kappa shape index (κ2) is 5.08. The van der Waals surface area contributed by atoms with E-state index in [1.54, 1.807) is 20.8 Å². The summed E-state index contributed by atoms with van der Waals surface area (Å²) in [6, 6.07) is -0.644. The van der Waals surface area contributed by atoms with Crippen LogP contribution in [0.3, 0.4) is 0 Å². The fraction of sp³-hybridized carbons (Fsp3) is 0.900. The molecule has 0 rings (SSSR count). The molecule has 0 unspecified atom stereocenters. The quantitative estimate of drug-likeness (QED) is 0.560. The van der Waals surface area contributed by atoms with Gasteiger partial charge < -0.3 is 4.74 Å². The Labute approximate surface area is 85.5 Å². The van der Waals surface area contributed by atoms with E-state index in [9.17, 15) is 4.79 Å². The molecule has 1 atom stereocenters. The second-order valence-corrected chi connectivity index (χ2v) is 4.81. The Kier molecular flexibility index (Phi) is 4.74. The third-order valence-corrected chi connectivity index (χ3v) is 1.53. The number of esters is 1. The minimum absolute atomic E-state index is 0.335. The van der Waals surface area contributed by atoms with Crippen LogP contribution in [0.25, 0.3) is 0 Å². The van der Waals surface area contributed by atoms with Crippen molar-refractivity contribution in [3.8, 4) is 0 Å². The van der Waals surface area contributed by atoms with E-state index in [0.29, 0.717) is 12.3 Å². The van der Waals surface area contributed by atoms with Gasteiger partial charge >= 0.3 is 5.97 Å². The van der Waals surface area contributed by atoms with Gasteiger partial charge in [0, 0.05) is 0 Å². The van der Waals surface area contributed by atoms with Gasteiger partial charge in [0.1, 0.15) is 5.60 Å². The van der Waals surface area contributed by atoms with E-state index in [2.05, 4.69) is 5.11 Å². The molecular formula is C10H20N2O2. The molecule has 0 saturated carbocycles. The fourth-order valence-electron chi connectivity index (χ4n) is 1.02. The highest BCUT2D eigenvalue weighted by molar-refractivity contribution is 5.76. The zero-order valence-electron chi connectivity index (χ0n) is 9.63. The maximum atomic E-state index is 11.5. The molecule has 0 fully saturated rings. The molecule has 4 nitrogen and oxygen atoms in total. The van der Waals surface area contributed by atoms with Gasteiger partial charge in [-0.1, -0.05) is 13.8 Å². The Bertz CT molecular complexity index is 207. The Morgan fingerprint density at radius 3 is 2.21 bits per heavy atom. The molecule has 0 aromatic heterocycles. The number of carbonyl (C=O) groups is 1. The molecule has 0 amide bonds. The number of ether oxygens (including phenoxy) is 1. The number of nitrogens with zero attached hydrogens (tertiary/aromatic N) is 1. The first-order valence-corrected chi connectivity index (χ1v) is 4.85. The normalized spacial score (nSPS) is 13.9. The van der Waals surface area contributed by atoms with Gasteiger partial charge in [-0.05, 0) is 33.1 Å². The molecule has 0 radical (unpaired) electrons. The van der Waals surface area contributed by atoms with E-state index in [4.69, 9.17) is 10.3 Å². The third kappa shape index (κ3) is 5.67. The predicted molar refractivity (Wildman–Crippen MR) is 54.2 cm³/mol. The van der Waals surface area contributed by atoms with E-state index in [-0.39, 0.29) is 0 Å². The van der Waals surface area contributed by atoms with Crippen molar-refractivity contribution in [2.24, 2.45) is 11.0 Å². The van der Waals surface area contributed by atoms with Gasteiger partial charge in [0.05, 0.1) is 0 Å². The van der Waals surface area contributed by atoms with E-state index < -0.39 is 17.6 Å². The molecule has 4 heteroatoms. The van der Waals surface area contributed by atoms with Gasteiger partial charge in [0.2, 0.25) is 0 Å². The van der Waals surface area contributed by atoms with E-state index in [0.717, 1.165) is 0 Å². The summed E-state index contributed by atoms with van der Waals surface area (Å²) in [5.41, 5.74) is 6.41. The highest BCUT2D eigenvalue weighted by Gasteiger charge is 2.25.